The number of rotatable bonds is 3. The van der Waals surface area contributed by atoms with E-state index in [2.05, 4.69) is 0 Å². The van der Waals surface area contributed by atoms with Gasteiger partial charge in [-0.3, -0.25) is 9.59 Å². The van der Waals surface area contributed by atoms with Gasteiger partial charge in [-0.1, -0.05) is 11.6 Å². The molecule has 0 amide bonds. The quantitative estimate of drug-likeness (QED) is 0.853. The van der Waals surface area contributed by atoms with Crippen LogP contribution in [0.2, 0.25) is 5.02 Å². The Balaban J connectivity index is 1.99. The summed E-state index contributed by atoms with van der Waals surface area (Å²) in [6.45, 7) is 0. The molecule has 0 unspecified atom stereocenters. The first-order valence-corrected chi connectivity index (χ1v) is 6.48. The molecular weight excluding hydrogens is 252 g/mol. The molecule has 2 rings (SSSR count). The molecular formula is C14H15ClO3. The van der Waals surface area contributed by atoms with Gasteiger partial charge in [0, 0.05) is 16.5 Å². The lowest BCUT2D eigenvalue weighted by Crippen LogP contribution is -2.25. The largest absolute Gasteiger partial charge is 0.481 e. The lowest BCUT2D eigenvalue weighted by atomic mass is 9.78. The third-order valence-corrected chi connectivity index (χ3v) is 3.83. The second-order valence-corrected chi connectivity index (χ2v) is 5.19. The van der Waals surface area contributed by atoms with Gasteiger partial charge in [0.2, 0.25) is 0 Å². The number of carboxylic acids is 1. The maximum absolute atomic E-state index is 12.2. The van der Waals surface area contributed by atoms with Crippen molar-refractivity contribution in [2.75, 3.05) is 0 Å². The maximum Gasteiger partial charge on any atom is 0.306 e. The highest BCUT2D eigenvalue weighted by Gasteiger charge is 2.29. The molecule has 0 bridgehead atoms. The van der Waals surface area contributed by atoms with Crippen LogP contribution in [0.15, 0.2) is 24.3 Å². The van der Waals surface area contributed by atoms with Crippen LogP contribution in [0, 0.1) is 11.8 Å². The molecule has 0 atom stereocenters. The Labute approximate surface area is 111 Å². The number of Topliss-reactive ketones (excluding diaryl/α,β-unsaturated/α-hetero) is 1. The minimum Gasteiger partial charge on any atom is -0.481 e. The molecule has 96 valence electrons. The number of halogens is 1. The third-order valence-electron chi connectivity index (χ3n) is 3.58. The second-order valence-electron chi connectivity index (χ2n) is 4.76. The van der Waals surface area contributed by atoms with E-state index in [1.165, 1.54) is 0 Å². The van der Waals surface area contributed by atoms with Crippen LogP contribution in [0.1, 0.15) is 36.0 Å². The van der Waals surface area contributed by atoms with Gasteiger partial charge in [0.25, 0.3) is 0 Å². The van der Waals surface area contributed by atoms with Crippen molar-refractivity contribution in [1.82, 2.24) is 0 Å². The number of carbonyl (C=O) groups excluding carboxylic acids is 1. The number of carbonyl (C=O) groups is 2. The van der Waals surface area contributed by atoms with Crippen molar-refractivity contribution in [3.05, 3.63) is 34.9 Å². The van der Waals surface area contributed by atoms with Crippen LogP contribution in [-0.2, 0) is 4.79 Å². The molecule has 0 aromatic heterocycles. The first-order valence-electron chi connectivity index (χ1n) is 6.10. The van der Waals surface area contributed by atoms with Gasteiger partial charge in [0.1, 0.15) is 0 Å². The van der Waals surface area contributed by atoms with Crippen molar-refractivity contribution in [1.29, 1.82) is 0 Å². The minimum atomic E-state index is -0.743. The van der Waals surface area contributed by atoms with Gasteiger partial charge < -0.3 is 5.11 Å². The van der Waals surface area contributed by atoms with Crippen LogP contribution in [0.25, 0.3) is 0 Å². The predicted molar refractivity (Wildman–Crippen MR) is 68.9 cm³/mol. The summed E-state index contributed by atoms with van der Waals surface area (Å²) in [4.78, 5) is 23.0. The molecule has 1 fully saturated rings. The number of hydrogen-bond donors (Lipinski definition) is 1. The van der Waals surface area contributed by atoms with Crippen LogP contribution in [0.4, 0.5) is 0 Å². The molecule has 4 heteroatoms. The van der Waals surface area contributed by atoms with Gasteiger partial charge in [-0.15, -0.1) is 0 Å². The fourth-order valence-electron chi connectivity index (χ4n) is 2.45. The molecule has 1 aliphatic rings. The highest BCUT2D eigenvalue weighted by molar-refractivity contribution is 6.30. The Hall–Kier alpha value is -1.35. The summed E-state index contributed by atoms with van der Waals surface area (Å²) in [5.74, 6) is -0.955. The van der Waals surface area contributed by atoms with Gasteiger partial charge in [0.05, 0.1) is 5.92 Å². The molecule has 0 radical (unpaired) electrons. The lowest BCUT2D eigenvalue weighted by molar-refractivity contribution is -0.143. The zero-order chi connectivity index (χ0) is 13.1. The monoisotopic (exact) mass is 266 g/mol. The van der Waals surface area contributed by atoms with Crippen LogP contribution in [0.3, 0.4) is 0 Å². The van der Waals surface area contributed by atoms with Crippen molar-refractivity contribution in [2.45, 2.75) is 25.7 Å². The molecule has 3 nitrogen and oxygen atoms in total. The predicted octanol–water partition coefficient (Wildman–Crippen LogP) is 3.41. The molecule has 1 N–H and O–H groups in total. The number of carboxylic acid groups (broad SMARTS) is 1. The summed E-state index contributed by atoms with van der Waals surface area (Å²) in [5, 5.41) is 9.52. The van der Waals surface area contributed by atoms with E-state index in [0.29, 0.717) is 36.3 Å². The lowest BCUT2D eigenvalue weighted by Gasteiger charge is -2.25. The zero-order valence-corrected chi connectivity index (χ0v) is 10.7. The first kappa shape index (κ1) is 13.1. The van der Waals surface area contributed by atoms with E-state index in [9.17, 15) is 9.59 Å². The van der Waals surface area contributed by atoms with E-state index in [1.807, 2.05) is 0 Å². The zero-order valence-electron chi connectivity index (χ0n) is 9.93. The average Bonchev–Trinajstić information content (AvgIpc) is 2.39. The van der Waals surface area contributed by atoms with E-state index >= 15 is 0 Å². The highest BCUT2D eigenvalue weighted by atomic mass is 35.5. The van der Waals surface area contributed by atoms with Crippen LogP contribution in [0.5, 0.6) is 0 Å². The molecule has 0 saturated heterocycles. The van der Waals surface area contributed by atoms with Crippen molar-refractivity contribution >= 4 is 23.4 Å². The molecule has 1 saturated carbocycles. The highest BCUT2D eigenvalue weighted by Crippen LogP contribution is 2.31. The standard InChI is InChI=1S/C14H15ClO3/c15-12-7-5-10(6-8-12)13(16)9-1-3-11(4-2-9)14(17)18/h5-9,11H,1-4H2,(H,17,18). The number of aliphatic carboxylic acids is 1. The van der Waals surface area contributed by atoms with Gasteiger partial charge >= 0.3 is 5.97 Å². The first-order chi connectivity index (χ1) is 8.58. The smallest absolute Gasteiger partial charge is 0.306 e. The Morgan fingerprint density at radius 2 is 1.50 bits per heavy atom. The van der Waals surface area contributed by atoms with Crippen molar-refractivity contribution in [2.24, 2.45) is 11.8 Å². The fraction of sp³-hybridized carbons (Fsp3) is 0.429. The average molecular weight is 267 g/mol. The summed E-state index contributed by atoms with van der Waals surface area (Å²) in [6, 6.07) is 6.87. The number of benzene rings is 1. The molecule has 1 aromatic rings. The second kappa shape index (κ2) is 5.53. The summed E-state index contributed by atoms with van der Waals surface area (Å²) in [7, 11) is 0. The normalized spacial score (nSPS) is 23.6. The molecule has 1 aromatic carbocycles. The minimum absolute atomic E-state index is 0.0400. The van der Waals surface area contributed by atoms with Crippen LogP contribution < -0.4 is 0 Å². The Kier molecular flexibility index (Phi) is 4.02. The number of ketones is 1. The molecule has 0 spiro atoms. The maximum atomic E-state index is 12.2. The Bertz CT molecular complexity index is 445. The Morgan fingerprint density at radius 3 is 2.00 bits per heavy atom. The van der Waals surface area contributed by atoms with E-state index < -0.39 is 5.97 Å². The van der Waals surface area contributed by atoms with Gasteiger partial charge in [0.15, 0.2) is 5.78 Å². The Morgan fingerprint density at radius 1 is 1.00 bits per heavy atom. The van der Waals surface area contributed by atoms with E-state index in [1.54, 1.807) is 24.3 Å². The van der Waals surface area contributed by atoms with Crippen molar-refractivity contribution < 1.29 is 14.7 Å². The molecule has 18 heavy (non-hydrogen) atoms. The summed E-state index contributed by atoms with van der Waals surface area (Å²) in [5.41, 5.74) is 0.665. The summed E-state index contributed by atoms with van der Waals surface area (Å²) < 4.78 is 0. The van der Waals surface area contributed by atoms with Crippen LogP contribution >= 0.6 is 11.6 Å². The van der Waals surface area contributed by atoms with E-state index in [0.717, 1.165) is 0 Å². The number of hydrogen-bond acceptors (Lipinski definition) is 2. The van der Waals surface area contributed by atoms with Crippen LogP contribution in [-0.4, -0.2) is 16.9 Å². The SMILES string of the molecule is O=C(O)C1CCC(C(=O)c2ccc(Cl)cc2)CC1. The summed E-state index contributed by atoms with van der Waals surface area (Å²) >= 11 is 5.78. The van der Waals surface area contributed by atoms with Crippen molar-refractivity contribution in [3.63, 3.8) is 0 Å². The fourth-order valence-corrected chi connectivity index (χ4v) is 2.58. The molecule has 0 heterocycles. The van der Waals surface area contributed by atoms with E-state index in [4.69, 9.17) is 16.7 Å². The molecule has 0 aliphatic heterocycles. The van der Waals surface area contributed by atoms with Crippen molar-refractivity contribution in [3.8, 4) is 0 Å². The van der Waals surface area contributed by atoms with Gasteiger partial charge in [-0.2, -0.15) is 0 Å². The molecule has 1 aliphatic carbocycles. The third kappa shape index (κ3) is 2.91. The van der Waals surface area contributed by atoms with E-state index in [-0.39, 0.29) is 17.6 Å². The van der Waals surface area contributed by atoms with Gasteiger partial charge in [-0.25, -0.2) is 0 Å². The topological polar surface area (TPSA) is 54.4 Å². The summed E-state index contributed by atoms with van der Waals surface area (Å²) in [6.07, 6.45) is 2.52. The van der Waals surface area contributed by atoms with Gasteiger partial charge in [-0.05, 0) is 49.9 Å².